The highest BCUT2D eigenvalue weighted by molar-refractivity contribution is 7.80. The molecule has 0 spiro atoms. The van der Waals surface area contributed by atoms with Crippen LogP contribution in [0.3, 0.4) is 0 Å². The Balaban J connectivity index is 1.64. The lowest BCUT2D eigenvalue weighted by atomic mass is 10.1. The predicted octanol–water partition coefficient (Wildman–Crippen LogP) is 4.55. The average molecular weight is 544 g/mol. The largest absolute Gasteiger partial charge is 0.366 e. The fraction of sp³-hybridized carbons (Fsp3) is 0.308. The molecule has 0 aliphatic carbocycles. The van der Waals surface area contributed by atoms with Crippen molar-refractivity contribution in [3.05, 3.63) is 87.4 Å². The predicted molar refractivity (Wildman–Crippen MR) is 147 cm³/mol. The van der Waals surface area contributed by atoms with Gasteiger partial charge in [0.1, 0.15) is 0 Å². The van der Waals surface area contributed by atoms with Crippen molar-refractivity contribution in [3.8, 4) is 6.07 Å². The zero-order chi connectivity index (χ0) is 26.1. The van der Waals surface area contributed by atoms with E-state index in [0.717, 1.165) is 23.2 Å². The van der Waals surface area contributed by atoms with Crippen LogP contribution < -0.4 is 10.6 Å². The van der Waals surface area contributed by atoms with E-state index in [2.05, 4.69) is 21.7 Å². The third-order valence-electron chi connectivity index (χ3n) is 5.77. The average Bonchev–Trinajstić information content (AvgIpc) is 3.31. The molecule has 0 bridgehead atoms. The fourth-order valence-electron chi connectivity index (χ4n) is 3.76. The van der Waals surface area contributed by atoms with Gasteiger partial charge in [-0.1, -0.05) is 54.4 Å². The Kier molecular flexibility index (Phi) is 10.1. The molecular weight excluding hydrogens is 515 g/mol. The zero-order valence-corrected chi connectivity index (χ0v) is 22.5. The number of hydrogen-bond acceptors (Lipinski definition) is 4. The van der Waals surface area contributed by atoms with Crippen molar-refractivity contribution in [1.29, 1.82) is 5.26 Å². The van der Waals surface area contributed by atoms with E-state index >= 15 is 0 Å². The Bertz CT molecular complexity index is 1240. The Hall–Kier alpha value is -3.12. The molecule has 1 aromatic heterocycles. The maximum atomic E-state index is 13.0. The second kappa shape index (κ2) is 13.3. The smallest absolute Gasteiger partial charge is 0.226 e. The summed E-state index contributed by atoms with van der Waals surface area (Å²) in [5.41, 5.74) is 3.30. The second-order valence-corrected chi connectivity index (χ2v) is 9.49. The molecule has 1 amide bonds. The monoisotopic (exact) mass is 542 g/mol. The first kappa shape index (κ1) is 27.5. The number of aromatic nitrogens is 2. The molecule has 3 rings (SSSR count). The number of nitrogens with one attached hydrogen (secondary N) is 2. The minimum absolute atomic E-state index is 0.0976. The molecule has 0 fully saturated rings. The summed E-state index contributed by atoms with van der Waals surface area (Å²) in [5, 5.41) is 16.7. The van der Waals surface area contributed by atoms with Crippen LogP contribution in [0.5, 0.6) is 0 Å². The number of nitrogens with zero attached hydrogens (tertiary/aromatic N) is 4. The summed E-state index contributed by atoms with van der Waals surface area (Å²) in [6.07, 6.45) is 4.33. The van der Waals surface area contributed by atoms with E-state index in [1.54, 1.807) is 37.8 Å². The molecule has 188 valence electrons. The van der Waals surface area contributed by atoms with Gasteiger partial charge >= 0.3 is 0 Å². The minimum Gasteiger partial charge on any atom is -0.366 e. The van der Waals surface area contributed by atoms with Gasteiger partial charge in [-0.25, -0.2) is 4.98 Å². The normalized spacial score (nSPS) is 11.4. The number of carbonyl (C=O) groups excluding carboxylic acids is 1. The number of thiocarbonyl (C=S) groups is 1. The molecule has 7 nitrogen and oxygen atoms in total. The number of halogens is 2. The highest BCUT2D eigenvalue weighted by Crippen LogP contribution is 2.26. The van der Waals surface area contributed by atoms with Gasteiger partial charge in [-0.3, -0.25) is 4.79 Å². The zero-order valence-electron chi connectivity index (χ0n) is 20.2. The first-order valence-corrected chi connectivity index (χ1v) is 12.7. The van der Waals surface area contributed by atoms with Crippen LogP contribution in [0.15, 0.2) is 55.0 Å². The van der Waals surface area contributed by atoms with Crippen molar-refractivity contribution in [2.75, 3.05) is 13.6 Å². The van der Waals surface area contributed by atoms with Crippen molar-refractivity contribution in [3.63, 3.8) is 0 Å². The van der Waals surface area contributed by atoms with Crippen LogP contribution in [-0.2, 0) is 24.3 Å². The van der Waals surface area contributed by atoms with Crippen LogP contribution in [0.2, 0.25) is 10.0 Å². The summed E-state index contributed by atoms with van der Waals surface area (Å²) >= 11 is 18.1. The van der Waals surface area contributed by atoms with Gasteiger partial charge in [-0.05, 0) is 48.0 Å². The Morgan fingerprint density at radius 1 is 1.25 bits per heavy atom. The molecule has 10 heteroatoms. The van der Waals surface area contributed by atoms with E-state index in [9.17, 15) is 4.79 Å². The third kappa shape index (κ3) is 7.44. The van der Waals surface area contributed by atoms with Gasteiger partial charge in [0.15, 0.2) is 5.11 Å². The highest BCUT2D eigenvalue weighted by atomic mass is 35.5. The lowest BCUT2D eigenvalue weighted by Gasteiger charge is -2.30. The lowest BCUT2D eigenvalue weighted by Crippen LogP contribution is -2.48. The second-order valence-electron chi connectivity index (χ2n) is 8.32. The summed E-state index contributed by atoms with van der Waals surface area (Å²) in [6, 6.07) is 14.9. The number of imidazole rings is 1. The molecule has 0 saturated carbocycles. The van der Waals surface area contributed by atoms with Crippen LogP contribution in [0, 0.1) is 11.3 Å². The highest BCUT2D eigenvalue weighted by Gasteiger charge is 2.19. The van der Waals surface area contributed by atoms with Crippen molar-refractivity contribution < 1.29 is 4.79 Å². The number of rotatable bonds is 10. The molecule has 3 aromatic rings. The molecule has 2 N–H and O–H groups in total. The summed E-state index contributed by atoms with van der Waals surface area (Å²) in [7, 11) is 1.77. The summed E-state index contributed by atoms with van der Waals surface area (Å²) in [4.78, 5) is 19.1. The molecule has 0 saturated heterocycles. The first-order chi connectivity index (χ1) is 17.3. The van der Waals surface area contributed by atoms with Crippen molar-refractivity contribution >= 4 is 46.4 Å². The van der Waals surface area contributed by atoms with Crippen molar-refractivity contribution in [1.82, 2.24) is 25.1 Å². The maximum absolute atomic E-state index is 13.0. The minimum atomic E-state index is -0.128. The number of hydrogen-bond donors (Lipinski definition) is 2. The maximum Gasteiger partial charge on any atom is 0.226 e. The van der Waals surface area contributed by atoms with E-state index in [4.69, 9.17) is 40.7 Å². The van der Waals surface area contributed by atoms with E-state index in [1.165, 1.54) is 0 Å². The molecule has 0 aliphatic heterocycles. The number of carbonyl (C=O) groups is 1. The van der Waals surface area contributed by atoms with Gasteiger partial charge < -0.3 is 20.1 Å². The van der Waals surface area contributed by atoms with Gasteiger partial charge in [-0.15, -0.1) is 0 Å². The molecule has 0 unspecified atom stereocenters. The molecule has 2 aromatic carbocycles. The van der Waals surface area contributed by atoms with Crippen LogP contribution in [-0.4, -0.2) is 45.1 Å². The van der Waals surface area contributed by atoms with Crippen LogP contribution in [0.1, 0.15) is 35.7 Å². The fourth-order valence-corrected chi connectivity index (χ4v) is 4.28. The molecule has 1 heterocycles. The Labute approximate surface area is 227 Å². The van der Waals surface area contributed by atoms with E-state index in [1.807, 2.05) is 40.7 Å². The van der Waals surface area contributed by atoms with Crippen LogP contribution in [0.4, 0.5) is 0 Å². The number of benzene rings is 2. The van der Waals surface area contributed by atoms with Gasteiger partial charge in [0.2, 0.25) is 5.91 Å². The van der Waals surface area contributed by atoms with Crippen molar-refractivity contribution in [2.45, 2.75) is 38.9 Å². The molecule has 36 heavy (non-hydrogen) atoms. The van der Waals surface area contributed by atoms with Gasteiger partial charge in [0, 0.05) is 44.6 Å². The molecule has 1 atom stereocenters. The van der Waals surface area contributed by atoms with Gasteiger partial charge in [0.25, 0.3) is 0 Å². The first-order valence-electron chi connectivity index (χ1n) is 11.5. The standard InChI is InChI=1S/C26H28Cl2N6OS/c1-3-21(16-33(26(36)30-2)15-20-5-4-6-23(27)25(20)28)32-24(35)11-22-13-31-17-34(22)14-19-9-7-18(12-29)8-10-19/h4-10,13,17,21H,3,11,14-16H2,1-2H3,(H,30,36)(H,32,35)/t21-/m0/s1. The lowest BCUT2D eigenvalue weighted by molar-refractivity contribution is -0.121. The van der Waals surface area contributed by atoms with Crippen LogP contribution in [0.25, 0.3) is 0 Å². The third-order valence-corrected chi connectivity index (χ3v) is 7.09. The Morgan fingerprint density at radius 3 is 2.67 bits per heavy atom. The number of amides is 1. The number of nitriles is 1. The SMILES string of the molecule is CC[C@@H](CN(Cc1cccc(Cl)c1Cl)C(=S)NC)NC(=O)Cc1cncn1Cc1ccc(C#N)cc1. The molecular formula is C26H28Cl2N6OS. The van der Waals surface area contributed by atoms with Crippen LogP contribution >= 0.6 is 35.4 Å². The Morgan fingerprint density at radius 2 is 2.00 bits per heavy atom. The summed E-state index contributed by atoms with van der Waals surface area (Å²) in [6.45, 7) is 3.56. The summed E-state index contributed by atoms with van der Waals surface area (Å²) in [5.74, 6) is -0.0976. The summed E-state index contributed by atoms with van der Waals surface area (Å²) < 4.78 is 1.94. The van der Waals surface area contributed by atoms with E-state index in [-0.39, 0.29) is 18.4 Å². The molecule has 0 radical (unpaired) electrons. The topological polar surface area (TPSA) is 86.0 Å². The molecule has 0 aliphatic rings. The van der Waals surface area contributed by atoms with Crippen molar-refractivity contribution in [2.24, 2.45) is 0 Å². The quantitative estimate of drug-likeness (QED) is 0.365. The van der Waals surface area contributed by atoms with Gasteiger partial charge in [-0.2, -0.15) is 5.26 Å². The van der Waals surface area contributed by atoms with E-state index < -0.39 is 0 Å². The van der Waals surface area contributed by atoms with E-state index in [0.29, 0.717) is 40.4 Å². The van der Waals surface area contributed by atoms with Gasteiger partial charge in [0.05, 0.1) is 34.4 Å².